The van der Waals surface area contributed by atoms with Crippen LogP contribution in [0.1, 0.15) is 18.9 Å². The van der Waals surface area contributed by atoms with Crippen LogP contribution in [0.4, 0.5) is 13.2 Å². The zero-order chi connectivity index (χ0) is 19.7. The van der Waals surface area contributed by atoms with Gasteiger partial charge in [0.2, 0.25) is 0 Å². The maximum absolute atomic E-state index is 15.0. The van der Waals surface area contributed by atoms with Crippen LogP contribution in [0.2, 0.25) is 0 Å². The van der Waals surface area contributed by atoms with Crippen LogP contribution in [-0.2, 0) is 6.42 Å². The van der Waals surface area contributed by atoms with Crippen molar-refractivity contribution in [2.45, 2.75) is 19.8 Å². The third-order valence-electron chi connectivity index (χ3n) is 4.95. The third-order valence-corrected chi connectivity index (χ3v) is 4.95. The smallest absolute Gasteiger partial charge is 0.138 e. The quantitative estimate of drug-likeness (QED) is 0.345. The van der Waals surface area contributed by atoms with E-state index in [9.17, 15) is 8.78 Å². The number of hydrogen-bond donors (Lipinski definition) is 0. The van der Waals surface area contributed by atoms with Crippen LogP contribution in [0.15, 0.2) is 72.8 Å². The Balaban J connectivity index is 1.75. The van der Waals surface area contributed by atoms with Crippen molar-refractivity contribution in [2.24, 2.45) is 0 Å². The lowest BCUT2D eigenvalue weighted by molar-refractivity contribution is 0.583. The summed E-state index contributed by atoms with van der Waals surface area (Å²) < 4.78 is 42.1. The Morgan fingerprint density at radius 1 is 0.643 bits per heavy atom. The SMILES string of the molecule is CCCc1ccc(-c2ccc3c(F)c(-c4cc(F)cc(F)c4)ccc3c2)cc1. The fourth-order valence-electron chi connectivity index (χ4n) is 3.56. The Hall–Kier alpha value is -3.07. The molecule has 4 aromatic rings. The molecule has 0 saturated carbocycles. The van der Waals surface area contributed by atoms with Crippen LogP contribution in [-0.4, -0.2) is 0 Å². The van der Waals surface area contributed by atoms with Gasteiger partial charge in [-0.05, 0) is 52.3 Å². The summed E-state index contributed by atoms with van der Waals surface area (Å²) in [6, 6.07) is 20.3. The summed E-state index contributed by atoms with van der Waals surface area (Å²) >= 11 is 0. The first kappa shape index (κ1) is 18.3. The van der Waals surface area contributed by atoms with Gasteiger partial charge in [0.05, 0.1) is 0 Å². The second-order valence-corrected chi connectivity index (χ2v) is 6.97. The monoisotopic (exact) mass is 376 g/mol. The van der Waals surface area contributed by atoms with Crippen LogP contribution in [0.25, 0.3) is 33.0 Å². The van der Waals surface area contributed by atoms with Gasteiger partial charge in [0, 0.05) is 17.0 Å². The Kier molecular flexibility index (Phi) is 4.91. The molecule has 0 aliphatic carbocycles. The zero-order valence-electron chi connectivity index (χ0n) is 15.5. The molecule has 0 aliphatic rings. The van der Waals surface area contributed by atoms with Gasteiger partial charge in [-0.2, -0.15) is 0 Å². The Labute approximate surface area is 162 Å². The van der Waals surface area contributed by atoms with Gasteiger partial charge in [-0.25, -0.2) is 13.2 Å². The molecular weight excluding hydrogens is 357 g/mol. The van der Waals surface area contributed by atoms with Crippen LogP contribution in [0, 0.1) is 17.5 Å². The highest BCUT2D eigenvalue weighted by Gasteiger charge is 2.12. The maximum atomic E-state index is 15.0. The lowest BCUT2D eigenvalue weighted by Gasteiger charge is -2.10. The molecule has 0 nitrogen and oxygen atoms in total. The highest BCUT2D eigenvalue weighted by atomic mass is 19.1. The van der Waals surface area contributed by atoms with E-state index in [1.807, 2.05) is 12.1 Å². The number of aryl methyl sites for hydroxylation is 1. The molecule has 0 unspecified atom stereocenters. The lowest BCUT2D eigenvalue weighted by atomic mass is 9.96. The molecule has 0 spiro atoms. The minimum Gasteiger partial charge on any atom is -0.207 e. The van der Waals surface area contributed by atoms with Crippen molar-refractivity contribution in [3.63, 3.8) is 0 Å². The van der Waals surface area contributed by atoms with E-state index in [1.54, 1.807) is 18.2 Å². The summed E-state index contributed by atoms with van der Waals surface area (Å²) in [5.41, 5.74) is 3.73. The normalized spacial score (nSPS) is 11.1. The second-order valence-electron chi connectivity index (χ2n) is 6.97. The van der Waals surface area contributed by atoms with E-state index < -0.39 is 17.5 Å². The predicted octanol–water partition coefficient (Wildman–Crippen LogP) is 7.54. The van der Waals surface area contributed by atoms with Crippen LogP contribution < -0.4 is 0 Å². The first-order valence-electron chi connectivity index (χ1n) is 9.33. The van der Waals surface area contributed by atoms with E-state index in [2.05, 4.69) is 31.2 Å². The van der Waals surface area contributed by atoms with E-state index in [1.165, 1.54) is 5.56 Å². The number of fused-ring (bicyclic) bond motifs is 1. The topological polar surface area (TPSA) is 0 Å². The van der Waals surface area contributed by atoms with Crippen molar-refractivity contribution in [3.8, 4) is 22.3 Å². The van der Waals surface area contributed by atoms with E-state index in [0.717, 1.165) is 47.6 Å². The lowest BCUT2D eigenvalue weighted by Crippen LogP contribution is -1.90. The van der Waals surface area contributed by atoms with E-state index in [0.29, 0.717) is 5.39 Å². The molecule has 0 atom stereocenters. The fourth-order valence-corrected chi connectivity index (χ4v) is 3.56. The summed E-state index contributed by atoms with van der Waals surface area (Å²) in [5, 5.41) is 1.17. The van der Waals surface area contributed by atoms with Gasteiger partial charge < -0.3 is 0 Å². The molecule has 4 rings (SSSR count). The van der Waals surface area contributed by atoms with Gasteiger partial charge in [0.25, 0.3) is 0 Å². The van der Waals surface area contributed by atoms with Gasteiger partial charge in [0.1, 0.15) is 17.5 Å². The molecule has 0 saturated heterocycles. The molecule has 0 N–H and O–H groups in total. The standard InChI is InChI=1S/C25H19F3/c1-2-3-16-4-6-17(7-5-16)18-8-10-23-19(12-18)9-11-24(25(23)28)20-13-21(26)15-22(27)14-20/h4-15H,2-3H2,1H3. The molecule has 0 fully saturated rings. The molecular formula is C25H19F3. The average molecular weight is 376 g/mol. The molecule has 140 valence electrons. The molecule has 28 heavy (non-hydrogen) atoms. The average Bonchev–Trinajstić information content (AvgIpc) is 2.68. The van der Waals surface area contributed by atoms with Crippen LogP contribution in [0.3, 0.4) is 0 Å². The number of benzene rings is 4. The van der Waals surface area contributed by atoms with Crippen molar-refractivity contribution in [3.05, 3.63) is 95.8 Å². The molecule has 0 heterocycles. The minimum absolute atomic E-state index is 0.183. The Bertz CT molecular complexity index is 1120. The van der Waals surface area contributed by atoms with Crippen molar-refractivity contribution in [1.29, 1.82) is 0 Å². The second kappa shape index (κ2) is 7.51. The Morgan fingerprint density at radius 2 is 1.32 bits per heavy atom. The molecule has 0 bridgehead atoms. The summed E-state index contributed by atoms with van der Waals surface area (Å²) in [4.78, 5) is 0. The van der Waals surface area contributed by atoms with Crippen molar-refractivity contribution in [2.75, 3.05) is 0 Å². The maximum Gasteiger partial charge on any atom is 0.138 e. The molecule has 3 heteroatoms. The number of halogens is 3. The third kappa shape index (κ3) is 3.53. The molecule has 0 aromatic heterocycles. The van der Waals surface area contributed by atoms with E-state index >= 15 is 4.39 Å². The summed E-state index contributed by atoms with van der Waals surface area (Å²) in [6.07, 6.45) is 2.15. The highest BCUT2D eigenvalue weighted by molar-refractivity contribution is 5.91. The van der Waals surface area contributed by atoms with Gasteiger partial charge in [0.15, 0.2) is 0 Å². The number of hydrogen-bond acceptors (Lipinski definition) is 0. The predicted molar refractivity (Wildman–Crippen MR) is 109 cm³/mol. The summed E-state index contributed by atoms with van der Waals surface area (Å²) in [6.45, 7) is 2.15. The van der Waals surface area contributed by atoms with Crippen molar-refractivity contribution in [1.82, 2.24) is 0 Å². The van der Waals surface area contributed by atoms with Crippen molar-refractivity contribution < 1.29 is 13.2 Å². The van der Waals surface area contributed by atoms with Gasteiger partial charge in [-0.15, -0.1) is 0 Å². The van der Waals surface area contributed by atoms with Crippen LogP contribution in [0.5, 0.6) is 0 Å². The first-order valence-corrected chi connectivity index (χ1v) is 9.33. The largest absolute Gasteiger partial charge is 0.207 e. The molecule has 0 aliphatic heterocycles. The highest BCUT2D eigenvalue weighted by Crippen LogP contribution is 2.32. The summed E-state index contributed by atoms with van der Waals surface area (Å²) in [7, 11) is 0. The van der Waals surface area contributed by atoms with Gasteiger partial charge in [-0.1, -0.05) is 61.9 Å². The molecule has 4 aromatic carbocycles. The summed E-state index contributed by atoms with van der Waals surface area (Å²) in [5.74, 6) is -1.93. The Morgan fingerprint density at radius 3 is 2.00 bits per heavy atom. The van der Waals surface area contributed by atoms with Gasteiger partial charge in [-0.3, -0.25) is 0 Å². The van der Waals surface area contributed by atoms with Crippen LogP contribution >= 0.6 is 0 Å². The zero-order valence-corrected chi connectivity index (χ0v) is 15.5. The van der Waals surface area contributed by atoms with E-state index in [4.69, 9.17) is 0 Å². The van der Waals surface area contributed by atoms with Crippen molar-refractivity contribution >= 4 is 10.8 Å². The number of rotatable bonds is 4. The van der Waals surface area contributed by atoms with E-state index in [-0.39, 0.29) is 11.1 Å². The molecule has 0 radical (unpaired) electrons. The fraction of sp³-hybridized carbons (Fsp3) is 0.120. The first-order chi connectivity index (χ1) is 13.5. The van der Waals surface area contributed by atoms with Gasteiger partial charge >= 0.3 is 0 Å². The minimum atomic E-state index is -0.726. The molecule has 0 amide bonds.